The molecule has 13 heteroatoms. The van der Waals surface area contributed by atoms with E-state index in [0.717, 1.165) is 0 Å². The number of benzene rings is 2. The van der Waals surface area contributed by atoms with Crippen molar-refractivity contribution in [2.24, 2.45) is 5.73 Å². The first-order valence-corrected chi connectivity index (χ1v) is 14.8. The van der Waals surface area contributed by atoms with Crippen LogP contribution >= 0.6 is 0 Å². The van der Waals surface area contributed by atoms with Gasteiger partial charge in [-0.1, -0.05) is 37.3 Å². The van der Waals surface area contributed by atoms with E-state index in [1.54, 1.807) is 12.1 Å². The van der Waals surface area contributed by atoms with Crippen LogP contribution < -0.4 is 15.8 Å². The molecule has 0 fully saturated rings. The number of nitrogens with one attached hydrogen (secondary N) is 1. The van der Waals surface area contributed by atoms with Gasteiger partial charge in [0, 0.05) is 22.2 Å². The van der Waals surface area contributed by atoms with Crippen molar-refractivity contribution in [3.63, 3.8) is 0 Å². The Bertz CT molecular complexity index is 1770. The zero-order valence-corrected chi connectivity index (χ0v) is 22.7. The predicted octanol–water partition coefficient (Wildman–Crippen LogP) is 3.52. The first-order valence-electron chi connectivity index (χ1n) is 11.9. The Hall–Kier alpha value is -3.49. The van der Waals surface area contributed by atoms with E-state index in [1.165, 1.54) is 30.4 Å². The number of ether oxygens (including phenoxy) is 1. The number of hydrogen-bond acceptors (Lipinski definition) is 8. The monoisotopic (exact) mass is 574 g/mol. The lowest BCUT2D eigenvalue weighted by Crippen LogP contribution is -2.38. The third-order valence-electron chi connectivity index (χ3n) is 7.02. The molecule has 0 spiro atoms. The average molecular weight is 575 g/mol. The minimum Gasteiger partial charge on any atom is -0.478 e. The zero-order valence-electron chi connectivity index (χ0n) is 21.1. The summed E-state index contributed by atoms with van der Waals surface area (Å²) in [7, 11) is -9.98. The van der Waals surface area contributed by atoms with Gasteiger partial charge in [0.1, 0.15) is 4.91 Å². The average Bonchev–Trinajstić information content (AvgIpc) is 2.79. The minimum atomic E-state index is -5.01. The SMILES string of the molecule is CC1CC(C)(C)Nc2c1cc1c(c2S(=O)(=O)O)OC2=C(S(=O)(=O)O)C(N)C=CC2=C1c1ccccc1C(=O)O. The van der Waals surface area contributed by atoms with Crippen LogP contribution in [0.5, 0.6) is 5.75 Å². The smallest absolute Gasteiger partial charge is 0.336 e. The topological polar surface area (TPSA) is 193 Å². The maximum absolute atomic E-state index is 12.9. The first-order chi connectivity index (χ1) is 18.0. The van der Waals surface area contributed by atoms with Gasteiger partial charge in [0.25, 0.3) is 20.2 Å². The number of carboxylic acids is 1. The highest BCUT2D eigenvalue weighted by molar-refractivity contribution is 7.90. The lowest BCUT2D eigenvalue weighted by molar-refractivity contribution is 0.0696. The maximum Gasteiger partial charge on any atom is 0.336 e. The zero-order chi connectivity index (χ0) is 28.7. The molecule has 39 heavy (non-hydrogen) atoms. The molecule has 6 N–H and O–H groups in total. The van der Waals surface area contributed by atoms with Crippen molar-refractivity contribution in [3.8, 4) is 5.75 Å². The van der Waals surface area contributed by atoms with Crippen LogP contribution in [0.15, 0.2) is 63.6 Å². The van der Waals surface area contributed by atoms with Gasteiger partial charge in [-0.3, -0.25) is 9.11 Å². The molecule has 3 aliphatic rings. The van der Waals surface area contributed by atoms with Gasteiger partial charge in [0.15, 0.2) is 16.4 Å². The molecule has 206 valence electrons. The number of aromatic carboxylic acids is 1. The van der Waals surface area contributed by atoms with Gasteiger partial charge < -0.3 is 20.9 Å². The van der Waals surface area contributed by atoms with Crippen molar-refractivity contribution < 1.29 is 40.6 Å². The number of hydrogen-bond donors (Lipinski definition) is 5. The number of nitrogens with two attached hydrogens (primary N) is 1. The van der Waals surface area contributed by atoms with Gasteiger partial charge in [0.2, 0.25) is 0 Å². The number of carbonyl (C=O) groups is 1. The Kier molecular flexibility index (Phi) is 6.09. The standard InChI is InChI=1S/C26H26N2O9S2/c1-12-11-26(2,3)28-20-16(12)10-17-19(13-6-4-5-7-14(13)25(29)30)15-8-9-18(27)23(38(31,32)33)21(15)37-22(17)24(20)39(34,35)36/h4-10,12,18,28H,11,27H2,1-3H3,(H,29,30)(H,31,32,33)(H,34,35,36). The molecule has 0 aromatic heterocycles. The van der Waals surface area contributed by atoms with Crippen LogP contribution in [-0.4, -0.2) is 48.6 Å². The molecule has 2 aromatic carbocycles. The summed E-state index contributed by atoms with van der Waals surface area (Å²) in [5.74, 6) is -2.37. The summed E-state index contributed by atoms with van der Waals surface area (Å²) in [6.07, 6.45) is 3.34. The van der Waals surface area contributed by atoms with E-state index in [1.807, 2.05) is 20.8 Å². The van der Waals surface area contributed by atoms with Crippen molar-refractivity contribution in [2.75, 3.05) is 5.32 Å². The largest absolute Gasteiger partial charge is 0.478 e. The van der Waals surface area contributed by atoms with Gasteiger partial charge in [0.05, 0.1) is 17.3 Å². The first kappa shape index (κ1) is 27.1. The fourth-order valence-corrected chi connectivity index (χ4v) is 7.26. The van der Waals surface area contributed by atoms with Crippen molar-refractivity contribution >= 4 is 37.5 Å². The quantitative estimate of drug-likeness (QED) is 0.335. The third kappa shape index (κ3) is 4.45. The molecule has 2 heterocycles. The minimum absolute atomic E-state index is 0.0727. The highest BCUT2D eigenvalue weighted by Gasteiger charge is 2.43. The normalized spacial score (nSPS) is 21.9. The fourth-order valence-electron chi connectivity index (χ4n) is 5.64. The predicted molar refractivity (Wildman–Crippen MR) is 143 cm³/mol. The Morgan fingerprint density at radius 1 is 1.10 bits per heavy atom. The van der Waals surface area contributed by atoms with Crippen LogP contribution in [0.4, 0.5) is 5.69 Å². The van der Waals surface area contributed by atoms with E-state index < -0.39 is 59.1 Å². The highest BCUT2D eigenvalue weighted by Crippen LogP contribution is 2.54. The molecule has 0 saturated carbocycles. The summed E-state index contributed by atoms with van der Waals surface area (Å²) in [4.78, 5) is 10.8. The van der Waals surface area contributed by atoms with Gasteiger partial charge in [-0.15, -0.1) is 0 Å². The van der Waals surface area contributed by atoms with Crippen LogP contribution in [0, 0.1) is 0 Å². The molecule has 0 amide bonds. The van der Waals surface area contributed by atoms with Crippen LogP contribution in [0.3, 0.4) is 0 Å². The van der Waals surface area contributed by atoms with Crippen LogP contribution in [0.2, 0.25) is 0 Å². The van der Waals surface area contributed by atoms with Crippen molar-refractivity contribution in [2.45, 2.75) is 49.6 Å². The number of fused-ring (bicyclic) bond motifs is 3. The summed E-state index contributed by atoms with van der Waals surface area (Å²) < 4.78 is 77.1. The summed E-state index contributed by atoms with van der Waals surface area (Å²) in [5.41, 5.74) is 6.34. The summed E-state index contributed by atoms with van der Waals surface area (Å²) in [6, 6.07) is 6.23. The lowest BCUT2D eigenvalue weighted by Gasteiger charge is -2.40. The molecule has 2 unspecified atom stereocenters. The summed E-state index contributed by atoms with van der Waals surface area (Å²) in [5, 5.41) is 13.1. The Labute approximate surface area is 225 Å². The van der Waals surface area contributed by atoms with E-state index in [9.17, 15) is 35.8 Å². The maximum atomic E-state index is 12.9. The number of allylic oxidation sites excluding steroid dienone is 1. The van der Waals surface area contributed by atoms with E-state index in [-0.39, 0.29) is 39.4 Å². The van der Waals surface area contributed by atoms with Crippen molar-refractivity contribution in [3.05, 3.63) is 81.0 Å². The second kappa shape index (κ2) is 8.76. The summed E-state index contributed by atoms with van der Waals surface area (Å²) in [6.45, 7) is 5.61. The molecule has 5 rings (SSSR count). The van der Waals surface area contributed by atoms with E-state index in [4.69, 9.17) is 10.5 Å². The van der Waals surface area contributed by atoms with Crippen LogP contribution in [0.25, 0.3) is 5.57 Å². The molecule has 0 saturated heterocycles. The Morgan fingerprint density at radius 3 is 2.38 bits per heavy atom. The highest BCUT2D eigenvalue weighted by atomic mass is 32.2. The Morgan fingerprint density at radius 2 is 1.77 bits per heavy atom. The lowest BCUT2D eigenvalue weighted by atomic mass is 9.78. The van der Waals surface area contributed by atoms with E-state index in [2.05, 4.69) is 5.32 Å². The van der Waals surface area contributed by atoms with Crippen molar-refractivity contribution in [1.29, 1.82) is 0 Å². The summed E-state index contributed by atoms with van der Waals surface area (Å²) >= 11 is 0. The van der Waals surface area contributed by atoms with E-state index >= 15 is 0 Å². The van der Waals surface area contributed by atoms with Crippen molar-refractivity contribution in [1.82, 2.24) is 0 Å². The molecule has 0 bridgehead atoms. The van der Waals surface area contributed by atoms with Gasteiger partial charge in [-0.05, 0) is 49.4 Å². The van der Waals surface area contributed by atoms with Crippen LogP contribution in [0.1, 0.15) is 60.2 Å². The van der Waals surface area contributed by atoms with Gasteiger partial charge in [-0.2, -0.15) is 16.8 Å². The Balaban J connectivity index is 2.02. The second-order valence-corrected chi connectivity index (χ2v) is 13.2. The van der Waals surface area contributed by atoms with Crippen LogP contribution in [-0.2, 0) is 20.2 Å². The number of carboxylic acid groups (broad SMARTS) is 1. The molecule has 0 radical (unpaired) electrons. The number of rotatable bonds is 4. The third-order valence-corrected chi connectivity index (χ3v) is 8.94. The molecular weight excluding hydrogens is 548 g/mol. The number of anilines is 1. The molecule has 1 aliphatic carbocycles. The molecule has 2 aliphatic heterocycles. The molecule has 2 aromatic rings. The van der Waals surface area contributed by atoms with Gasteiger partial charge in [-0.25, -0.2) is 4.79 Å². The molecular formula is C26H26N2O9S2. The second-order valence-electron chi connectivity index (χ2n) is 10.4. The van der Waals surface area contributed by atoms with Gasteiger partial charge >= 0.3 is 5.97 Å². The fraction of sp³-hybridized carbons (Fsp3) is 0.269. The molecule has 11 nitrogen and oxygen atoms in total. The molecule has 2 atom stereocenters. The van der Waals surface area contributed by atoms with E-state index in [0.29, 0.717) is 12.0 Å².